The number of thioether (sulfide) groups is 1. The number of sulfone groups is 1. The summed E-state index contributed by atoms with van der Waals surface area (Å²) in [5, 5.41) is -0.140. The highest BCUT2D eigenvalue weighted by Gasteiger charge is 2.32. The van der Waals surface area contributed by atoms with Crippen LogP contribution in [-0.2, 0) is 9.84 Å². The van der Waals surface area contributed by atoms with Crippen molar-refractivity contribution in [2.45, 2.75) is 56.2 Å². The van der Waals surface area contributed by atoms with E-state index in [2.05, 4.69) is 0 Å². The molecule has 1 saturated heterocycles. The molecule has 1 aliphatic carbocycles. The van der Waals surface area contributed by atoms with Crippen LogP contribution in [0.1, 0.15) is 44.9 Å². The van der Waals surface area contributed by atoms with E-state index < -0.39 is 9.84 Å². The predicted octanol–water partition coefficient (Wildman–Crippen LogP) is 2.45. The van der Waals surface area contributed by atoms with Crippen LogP contribution < -0.4 is 5.73 Å². The van der Waals surface area contributed by atoms with Crippen molar-refractivity contribution in [1.29, 1.82) is 0 Å². The fourth-order valence-electron chi connectivity index (χ4n) is 3.52. The highest BCUT2D eigenvalue weighted by atomic mass is 32.2. The van der Waals surface area contributed by atoms with E-state index in [0.29, 0.717) is 5.92 Å². The van der Waals surface area contributed by atoms with Crippen molar-refractivity contribution < 1.29 is 8.42 Å². The summed E-state index contributed by atoms with van der Waals surface area (Å²) in [6.45, 7) is 0. The summed E-state index contributed by atoms with van der Waals surface area (Å²) in [5.41, 5.74) is 6.38. The Morgan fingerprint density at radius 1 is 1.21 bits per heavy atom. The Kier molecular flexibility index (Phi) is 5.61. The first-order valence-electron chi connectivity index (χ1n) is 7.49. The van der Waals surface area contributed by atoms with Crippen molar-refractivity contribution in [2.24, 2.45) is 17.6 Å². The van der Waals surface area contributed by atoms with Gasteiger partial charge in [-0.05, 0) is 61.9 Å². The van der Waals surface area contributed by atoms with E-state index in [1.165, 1.54) is 30.6 Å². The van der Waals surface area contributed by atoms with E-state index in [9.17, 15) is 8.42 Å². The molecule has 2 rings (SSSR count). The average molecular weight is 306 g/mol. The van der Waals surface area contributed by atoms with Gasteiger partial charge in [0.05, 0.1) is 5.25 Å². The van der Waals surface area contributed by atoms with Gasteiger partial charge in [-0.2, -0.15) is 11.8 Å². The molecule has 3 nitrogen and oxygen atoms in total. The van der Waals surface area contributed by atoms with Gasteiger partial charge in [-0.25, -0.2) is 8.42 Å². The lowest BCUT2D eigenvalue weighted by Gasteiger charge is -2.34. The second-order valence-corrected chi connectivity index (χ2v) is 9.88. The summed E-state index contributed by atoms with van der Waals surface area (Å²) >= 11 is 2.04. The number of nitrogens with two attached hydrogens (primary N) is 1. The molecule has 1 aliphatic heterocycles. The Labute approximate surface area is 122 Å². The molecule has 112 valence electrons. The van der Waals surface area contributed by atoms with E-state index in [0.717, 1.165) is 38.0 Å². The first-order valence-corrected chi connectivity index (χ1v) is 10.6. The van der Waals surface area contributed by atoms with Gasteiger partial charge in [0.1, 0.15) is 9.84 Å². The minimum atomic E-state index is -2.88. The molecule has 2 aliphatic rings. The second kappa shape index (κ2) is 6.81. The molecule has 0 radical (unpaired) electrons. The monoisotopic (exact) mass is 305 g/mol. The zero-order chi connectivity index (χ0) is 13.9. The van der Waals surface area contributed by atoms with Crippen molar-refractivity contribution >= 4 is 21.6 Å². The van der Waals surface area contributed by atoms with Crippen LogP contribution in [0, 0.1) is 11.8 Å². The third-order valence-electron chi connectivity index (χ3n) is 4.82. The Morgan fingerprint density at radius 3 is 2.53 bits per heavy atom. The quantitative estimate of drug-likeness (QED) is 0.866. The van der Waals surface area contributed by atoms with Gasteiger partial charge in [-0.15, -0.1) is 0 Å². The molecule has 5 heteroatoms. The first kappa shape index (κ1) is 15.6. The summed E-state index contributed by atoms with van der Waals surface area (Å²) in [6, 6.07) is 0.206. The van der Waals surface area contributed by atoms with E-state index in [1.807, 2.05) is 11.8 Å². The minimum absolute atomic E-state index is 0.140. The van der Waals surface area contributed by atoms with Crippen molar-refractivity contribution in [1.82, 2.24) is 0 Å². The van der Waals surface area contributed by atoms with Crippen LogP contribution in [0.15, 0.2) is 0 Å². The summed E-state index contributed by atoms with van der Waals surface area (Å²) in [7, 11) is -2.88. The molecule has 3 atom stereocenters. The smallest absolute Gasteiger partial charge is 0.150 e. The van der Waals surface area contributed by atoms with Crippen LogP contribution in [0.25, 0.3) is 0 Å². The normalized spacial score (nSPS) is 32.1. The van der Waals surface area contributed by atoms with Gasteiger partial charge in [-0.3, -0.25) is 0 Å². The third kappa shape index (κ3) is 4.64. The molecule has 19 heavy (non-hydrogen) atoms. The minimum Gasteiger partial charge on any atom is -0.327 e. The molecule has 3 unspecified atom stereocenters. The summed E-state index contributed by atoms with van der Waals surface area (Å²) < 4.78 is 23.4. The third-order valence-corrected chi connectivity index (χ3v) is 7.51. The van der Waals surface area contributed by atoms with Crippen molar-refractivity contribution in [3.05, 3.63) is 0 Å². The van der Waals surface area contributed by atoms with Crippen LogP contribution in [0.3, 0.4) is 0 Å². The Balaban J connectivity index is 1.86. The largest absolute Gasteiger partial charge is 0.327 e. The molecule has 0 bridgehead atoms. The summed E-state index contributed by atoms with van der Waals surface area (Å²) in [4.78, 5) is 0. The molecule has 1 heterocycles. The van der Waals surface area contributed by atoms with Gasteiger partial charge in [0.25, 0.3) is 0 Å². The maximum atomic E-state index is 11.7. The lowest BCUT2D eigenvalue weighted by molar-refractivity contribution is 0.264. The van der Waals surface area contributed by atoms with E-state index in [1.54, 1.807) is 0 Å². The van der Waals surface area contributed by atoms with Crippen LogP contribution in [-0.4, -0.2) is 37.5 Å². The van der Waals surface area contributed by atoms with Crippen LogP contribution in [0.5, 0.6) is 0 Å². The lowest BCUT2D eigenvalue weighted by atomic mass is 9.79. The van der Waals surface area contributed by atoms with Gasteiger partial charge < -0.3 is 5.73 Å². The predicted molar refractivity (Wildman–Crippen MR) is 83.2 cm³/mol. The first-order chi connectivity index (χ1) is 8.97. The standard InChI is InChI=1S/C14H27NO2S2/c1-19(16,17)13-4-2-3-12(10-13)14(15)9-11-5-7-18-8-6-11/h11-14H,2-10,15H2,1H3. The fraction of sp³-hybridized carbons (Fsp3) is 1.00. The number of hydrogen-bond donors (Lipinski definition) is 1. The van der Waals surface area contributed by atoms with Gasteiger partial charge in [0.15, 0.2) is 0 Å². The summed E-state index contributed by atoms with van der Waals surface area (Å²) in [6.07, 6.45) is 8.84. The molecule has 0 amide bonds. The van der Waals surface area contributed by atoms with Crippen molar-refractivity contribution in [3.8, 4) is 0 Å². The second-order valence-electron chi connectivity index (χ2n) is 6.33. The Morgan fingerprint density at radius 2 is 1.89 bits per heavy atom. The number of hydrogen-bond acceptors (Lipinski definition) is 4. The molecule has 1 saturated carbocycles. The van der Waals surface area contributed by atoms with Gasteiger partial charge in [-0.1, -0.05) is 6.42 Å². The molecule has 0 aromatic rings. The zero-order valence-corrected chi connectivity index (χ0v) is 13.5. The van der Waals surface area contributed by atoms with Crippen LogP contribution >= 0.6 is 11.8 Å². The highest BCUT2D eigenvalue weighted by molar-refractivity contribution is 7.99. The van der Waals surface area contributed by atoms with Gasteiger partial charge >= 0.3 is 0 Å². The van der Waals surface area contributed by atoms with E-state index in [-0.39, 0.29) is 11.3 Å². The highest BCUT2D eigenvalue weighted by Crippen LogP contribution is 2.34. The molecule has 2 N–H and O–H groups in total. The summed E-state index contributed by atoms with van der Waals surface area (Å²) in [5.74, 6) is 3.74. The maximum absolute atomic E-state index is 11.7. The van der Waals surface area contributed by atoms with E-state index >= 15 is 0 Å². The number of rotatable bonds is 4. The van der Waals surface area contributed by atoms with Crippen LogP contribution in [0.4, 0.5) is 0 Å². The van der Waals surface area contributed by atoms with Gasteiger partial charge in [0, 0.05) is 12.3 Å². The molecule has 0 aromatic heterocycles. The maximum Gasteiger partial charge on any atom is 0.150 e. The molecule has 2 fully saturated rings. The van der Waals surface area contributed by atoms with E-state index in [4.69, 9.17) is 5.73 Å². The molecule has 0 aromatic carbocycles. The molecular weight excluding hydrogens is 278 g/mol. The topological polar surface area (TPSA) is 60.2 Å². The average Bonchev–Trinajstić information content (AvgIpc) is 2.39. The molecule has 0 spiro atoms. The SMILES string of the molecule is CS(=O)(=O)C1CCCC(C(N)CC2CCSCC2)C1. The molecular formula is C14H27NO2S2. The Bertz CT molecular complexity index is 377. The zero-order valence-electron chi connectivity index (χ0n) is 11.9. The van der Waals surface area contributed by atoms with Crippen molar-refractivity contribution in [3.63, 3.8) is 0 Å². The van der Waals surface area contributed by atoms with Gasteiger partial charge in [0.2, 0.25) is 0 Å². The fourth-order valence-corrected chi connectivity index (χ4v) is 5.91. The lowest BCUT2D eigenvalue weighted by Crippen LogP contribution is -2.39. The van der Waals surface area contributed by atoms with Crippen LogP contribution in [0.2, 0.25) is 0 Å². The van der Waals surface area contributed by atoms with Crippen molar-refractivity contribution in [2.75, 3.05) is 17.8 Å². The Hall–Kier alpha value is 0.260.